The van der Waals surface area contributed by atoms with E-state index in [1.807, 2.05) is 0 Å². The number of hydrogen-bond donors (Lipinski definition) is 0. The Kier molecular flexibility index (Phi) is 4.10. The molecule has 2 heteroatoms. The summed E-state index contributed by atoms with van der Waals surface area (Å²) in [5.41, 5.74) is 0.790. The van der Waals surface area contributed by atoms with Crippen LogP contribution < -0.4 is 0 Å². The SMILES string of the molecule is C#C[C@]1(OC(C)=O)C=C[C@H]2[C@@H]3CCC4=CCCC[C@@H]4[C@H]3CC[C@@]21CC. The fraction of sp³-hybridized carbons (Fsp3) is 0.696. The lowest BCUT2D eigenvalue weighted by Crippen LogP contribution is -2.55. The highest BCUT2D eigenvalue weighted by Crippen LogP contribution is 2.64. The zero-order valence-electron chi connectivity index (χ0n) is 15.6. The van der Waals surface area contributed by atoms with Gasteiger partial charge in [0.25, 0.3) is 0 Å². The summed E-state index contributed by atoms with van der Waals surface area (Å²) in [6.07, 6.45) is 22.7. The first-order valence-corrected chi connectivity index (χ1v) is 10.1. The minimum absolute atomic E-state index is 0.107. The van der Waals surface area contributed by atoms with Crippen molar-refractivity contribution in [3.63, 3.8) is 0 Å². The number of ether oxygens (including phenoxy) is 1. The zero-order chi connectivity index (χ0) is 17.7. The molecule has 0 heterocycles. The van der Waals surface area contributed by atoms with E-state index in [0.717, 1.165) is 24.7 Å². The molecule has 0 aliphatic heterocycles. The molecule has 6 atom stereocenters. The highest BCUT2D eigenvalue weighted by molar-refractivity contribution is 5.68. The molecule has 0 saturated heterocycles. The third-order valence-corrected chi connectivity index (χ3v) is 7.89. The summed E-state index contributed by atoms with van der Waals surface area (Å²) < 4.78 is 5.82. The Labute approximate surface area is 152 Å². The van der Waals surface area contributed by atoms with Gasteiger partial charge in [0.15, 0.2) is 5.60 Å². The fourth-order valence-electron chi connectivity index (χ4n) is 6.87. The average molecular weight is 338 g/mol. The second-order valence-electron chi connectivity index (χ2n) is 8.59. The van der Waals surface area contributed by atoms with Crippen LogP contribution in [-0.4, -0.2) is 11.6 Å². The van der Waals surface area contributed by atoms with E-state index in [4.69, 9.17) is 11.2 Å². The van der Waals surface area contributed by atoms with Crippen LogP contribution in [0.25, 0.3) is 0 Å². The summed E-state index contributed by atoms with van der Waals surface area (Å²) >= 11 is 0. The maximum Gasteiger partial charge on any atom is 0.304 e. The van der Waals surface area contributed by atoms with Gasteiger partial charge in [-0.05, 0) is 81.1 Å². The molecule has 0 N–H and O–H groups in total. The van der Waals surface area contributed by atoms with Gasteiger partial charge in [-0.3, -0.25) is 4.79 Å². The molecule has 0 aromatic heterocycles. The molecule has 2 saturated carbocycles. The molecule has 4 aliphatic carbocycles. The number of hydrogen-bond acceptors (Lipinski definition) is 2. The van der Waals surface area contributed by atoms with Crippen LogP contribution in [0, 0.1) is 41.4 Å². The molecule has 0 radical (unpaired) electrons. The van der Waals surface area contributed by atoms with Crippen molar-refractivity contribution in [2.24, 2.45) is 29.1 Å². The van der Waals surface area contributed by atoms with Crippen molar-refractivity contribution >= 4 is 5.97 Å². The Hall–Kier alpha value is -1.49. The van der Waals surface area contributed by atoms with Gasteiger partial charge >= 0.3 is 5.97 Å². The predicted molar refractivity (Wildman–Crippen MR) is 99.6 cm³/mol. The van der Waals surface area contributed by atoms with Crippen LogP contribution in [0.1, 0.15) is 65.2 Å². The van der Waals surface area contributed by atoms with Crippen molar-refractivity contribution in [1.82, 2.24) is 0 Å². The molecule has 0 bridgehead atoms. The lowest BCUT2D eigenvalue weighted by molar-refractivity contribution is -0.166. The van der Waals surface area contributed by atoms with E-state index in [9.17, 15) is 4.79 Å². The highest BCUT2D eigenvalue weighted by atomic mass is 16.6. The molecule has 0 unspecified atom stereocenters. The third kappa shape index (κ3) is 2.28. The summed E-state index contributed by atoms with van der Waals surface area (Å²) in [7, 11) is 0. The first-order valence-electron chi connectivity index (χ1n) is 10.1. The molecule has 4 aliphatic rings. The lowest BCUT2D eigenvalue weighted by Gasteiger charge is -2.56. The molecule has 0 aromatic rings. The monoisotopic (exact) mass is 338 g/mol. The Balaban J connectivity index is 1.69. The van der Waals surface area contributed by atoms with Crippen molar-refractivity contribution in [2.45, 2.75) is 70.8 Å². The number of allylic oxidation sites excluding steroid dienone is 3. The molecule has 0 aromatic carbocycles. The summed E-state index contributed by atoms with van der Waals surface area (Å²) in [6.45, 7) is 3.71. The van der Waals surface area contributed by atoms with E-state index in [1.54, 1.807) is 5.57 Å². The van der Waals surface area contributed by atoms with Crippen LogP contribution in [0.2, 0.25) is 0 Å². The molecular formula is C23H30O2. The minimum atomic E-state index is -0.841. The number of terminal acetylenes is 1. The van der Waals surface area contributed by atoms with Gasteiger partial charge in [0, 0.05) is 12.3 Å². The molecule has 134 valence electrons. The van der Waals surface area contributed by atoms with Crippen LogP contribution in [0.4, 0.5) is 0 Å². The molecule has 2 nitrogen and oxygen atoms in total. The molecule has 0 spiro atoms. The molecule has 0 amide bonds. The molecule has 2 fully saturated rings. The van der Waals surface area contributed by atoms with Gasteiger partial charge < -0.3 is 4.74 Å². The second kappa shape index (κ2) is 6.04. The Bertz CT molecular complexity index is 666. The molecular weight excluding hydrogens is 308 g/mol. The van der Waals surface area contributed by atoms with Crippen LogP contribution >= 0.6 is 0 Å². The number of fused-ring (bicyclic) bond motifs is 5. The maximum absolute atomic E-state index is 11.8. The van der Waals surface area contributed by atoms with Crippen LogP contribution in [0.5, 0.6) is 0 Å². The Morgan fingerprint density at radius 1 is 1.36 bits per heavy atom. The number of carbonyl (C=O) groups excluding carboxylic acids is 1. The quantitative estimate of drug-likeness (QED) is 0.400. The van der Waals surface area contributed by atoms with Crippen LogP contribution in [0.3, 0.4) is 0 Å². The fourth-order valence-corrected chi connectivity index (χ4v) is 6.87. The third-order valence-electron chi connectivity index (χ3n) is 7.89. The summed E-state index contributed by atoms with van der Waals surface area (Å²) in [5, 5.41) is 0. The van der Waals surface area contributed by atoms with E-state index in [0.29, 0.717) is 11.8 Å². The second-order valence-corrected chi connectivity index (χ2v) is 8.59. The summed E-state index contributed by atoms with van der Waals surface area (Å²) in [5.74, 6) is 5.38. The largest absolute Gasteiger partial charge is 0.442 e. The van der Waals surface area contributed by atoms with Crippen molar-refractivity contribution in [3.8, 4) is 12.3 Å². The predicted octanol–water partition coefficient (Wildman–Crippen LogP) is 5.05. The maximum atomic E-state index is 11.8. The highest BCUT2D eigenvalue weighted by Gasteiger charge is 2.63. The van der Waals surface area contributed by atoms with E-state index in [2.05, 4.69) is 31.1 Å². The Morgan fingerprint density at radius 3 is 2.92 bits per heavy atom. The number of carbonyl (C=O) groups is 1. The number of rotatable bonds is 2. The zero-order valence-corrected chi connectivity index (χ0v) is 15.6. The topological polar surface area (TPSA) is 26.3 Å². The van der Waals surface area contributed by atoms with E-state index in [1.165, 1.54) is 45.4 Å². The van der Waals surface area contributed by atoms with Crippen molar-refractivity contribution in [2.75, 3.05) is 0 Å². The van der Waals surface area contributed by atoms with Gasteiger partial charge in [-0.2, -0.15) is 0 Å². The lowest BCUT2D eigenvalue weighted by atomic mass is 9.49. The Morgan fingerprint density at radius 2 is 2.20 bits per heavy atom. The van der Waals surface area contributed by atoms with Gasteiger partial charge in [-0.1, -0.05) is 30.6 Å². The van der Waals surface area contributed by atoms with Crippen LogP contribution in [-0.2, 0) is 9.53 Å². The minimum Gasteiger partial charge on any atom is -0.442 e. The van der Waals surface area contributed by atoms with E-state index >= 15 is 0 Å². The van der Waals surface area contributed by atoms with Gasteiger partial charge in [0.2, 0.25) is 0 Å². The summed E-state index contributed by atoms with van der Waals surface area (Å²) in [4.78, 5) is 11.8. The number of esters is 1. The van der Waals surface area contributed by atoms with E-state index in [-0.39, 0.29) is 11.4 Å². The first kappa shape index (κ1) is 17.0. The van der Waals surface area contributed by atoms with Crippen molar-refractivity contribution in [3.05, 3.63) is 23.8 Å². The normalized spacial score (nSPS) is 44.8. The van der Waals surface area contributed by atoms with Crippen molar-refractivity contribution in [1.29, 1.82) is 0 Å². The average Bonchev–Trinajstić information content (AvgIpc) is 2.96. The summed E-state index contributed by atoms with van der Waals surface area (Å²) in [6, 6.07) is 0. The van der Waals surface area contributed by atoms with Crippen molar-refractivity contribution < 1.29 is 9.53 Å². The van der Waals surface area contributed by atoms with Gasteiger partial charge in [-0.25, -0.2) is 0 Å². The van der Waals surface area contributed by atoms with Gasteiger partial charge in [0.05, 0.1) is 0 Å². The van der Waals surface area contributed by atoms with Gasteiger partial charge in [0.1, 0.15) is 0 Å². The van der Waals surface area contributed by atoms with Gasteiger partial charge in [-0.15, -0.1) is 6.42 Å². The smallest absolute Gasteiger partial charge is 0.304 e. The molecule has 25 heavy (non-hydrogen) atoms. The molecule has 4 rings (SSSR count). The van der Waals surface area contributed by atoms with Crippen LogP contribution in [0.15, 0.2) is 23.8 Å². The first-order chi connectivity index (χ1) is 12.1. The standard InChI is InChI=1S/C23H30O2/c1-4-22-14-12-19-18-9-7-6-8-17(18)10-11-20(19)21(22)13-15-23(22,5-2)25-16(3)24/h2,8,13,15,18-21H,4,6-7,9-12,14H2,1,3H3/t18-,19+,20+,21-,22-,23-/m0/s1. The van der Waals surface area contributed by atoms with E-state index < -0.39 is 5.60 Å².